The van der Waals surface area contributed by atoms with Crippen LogP contribution in [0.2, 0.25) is 0 Å². The predicted octanol–water partition coefficient (Wildman–Crippen LogP) is 2.57. The number of hydrogen-bond donors (Lipinski definition) is 1. The van der Waals surface area contributed by atoms with Crippen molar-refractivity contribution in [3.05, 3.63) is 28.5 Å². The summed E-state index contributed by atoms with van der Waals surface area (Å²) in [5.41, 5.74) is 0.00320. The standard InChI is InChI=1S/C13H19BrN2O3/c1-13(2,3)19-12(18)16(6-7-17)9-10-4-5-11(14)15-8-10/h4-5,8,17H,6-7,9H2,1-3H3/i7D2. The first-order chi connectivity index (χ1) is 9.46. The fourth-order valence-electron chi connectivity index (χ4n) is 1.32. The van der Waals surface area contributed by atoms with E-state index < -0.39 is 24.8 Å². The van der Waals surface area contributed by atoms with Gasteiger partial charge >= 0.3 is 6.09 Å². The van der Waals surface area contributed by atoms with E-state index in [2.05, 4.69) is 20.9 Å². The van der Waals surface area contributed by atoms with Crippen LogP contribution in [0.4, 0.5) is 4.79 Å². The van der Waals surface area contributed by atoms with Crippen LogP contribution in [0.5, 0.6) is 0 Å². The summed E-state index contributed by atoms with van der Waals surface area (Å²) in [5, 5.41) is 9.32. The molecule has 0 spiro atoms. The summed E-state index contributed by atoms with van der Waals surface area (Å²) >= 11 is 3.21. The third-order valence-corrected chi connectivity index (χ3v) is 2.54. The molecule has 0 saturated carbocycles. The van der Waals surface area contributed by atoms with Gasteiger partial charge in [-0.25, -0.2) is 9.78 Å². The molecule has 1 rings (SSSR count). The highest BCUT2D eigenvalue weighted by atomic mass is 79.9. The van der Waals surface area contributed by atoms with Crippen molar-refractivity contribution in [2.45, 2.75) is 32.9 Å². The van der Waals surface area contributed by atoms with Crippen molar-refractivity contribution in [2.75, 3.05) is 13.1 Å². The van der Waals surface area contributed by atoms with Gasteiger partial charge in [-0.3, -0.25) is 0 Å². The van der Waals surface area contributed by atoms with E-state index in [-0.39, 0.29) is 6.54 Å². The maximum Gasteiger partial charge on any atom is 0.410 e. The van der Waals surface area contributed by atoms with E-state index in [0.29, 0.717) is 10.2 Å². The SMILES string of the molecule is [2H]C([2H])(O)CN(Cc1ccc(Br)nc1)C(=O)OC(C)(C)C. The lowest BCUT2D eigenvalue weighted by atomic mass is 10.2. The molecule has 0 saturated heterocycles. The summed E-state index contributed by atoms with van der Waals surface area (Å²) in [6.45, 7) is 2.26. The number of rotatable bonds is 4. The maximum atomic E-state index is 12.1. The van der Waals surface area contributed by atoms with Crippen molar-refractivity contribution < 1.29 is 17.4 Å². The molecule has 0 atom stereocenters. The van der Waals surface area contributed by atoms with Crippen LogP contribution in [0.25, 0.3) is 0 Å². The lowest BCUT2D eigenvalue weighted by Crippen LogP contribution is -2.38. The molecule has 0 aliphatic heterocycles. The Bertz CT molecular complexity index is 484. The van der Waals surface area contributed by atoms with E-state index in [1.54, 1.807) is 39.1 Å². The van der Waals surface area contributed by atoms with Gasteiger partial charge in [0.15, 0.2) is 0 Å². The Labute approximate surface area is 124 Å². The van der Waals surface area contributed by atoms with Gasteiger partial charge < -0.3 is 14.7 Å². The van der Waals surface area contributed by atoms with Crippen molar-refractivity contribution in [1.82, 2.24) is 9.88 Å². The van der Waals surface area contributed by atoms with Gasteiger partial charge in [0.05, 0.1) is 15.8 Å². The molecule has 0 aliphatic rings. The Hall–Kier alpha value is -1.14. The predicted molar refractivity (Wildman–Crippen MR) is 75.7 cm³/mol. The van der Waals surface area contributed by atoms with Crippen LogP contribution in [-0.4, -0.2) is 39.8 Å². The largest absolute Gasteiger partial charge is 0.444 e. The molecule has 1 heterocycles. The maximum absolute atomic E-state index is 12.1. The molecule has 0 aromatic carbocycles. The minimum absolute atomic E-state index is 0.0925. The smallest absolute Gasteiger partial charge is 0.410 e. The van der Waals surface area contributed by atoms with E-state index in [0.717, 1.165) is 4.90 Å². The second-order valence-electron chi connectivity index (χ2n) is 4.98. The monoisotopic (exact) mass is 332 g/mol. The molecule has 0 aliphatic carbocycles. The number of aliphatic hydroxyl groups is 1. The minimum Gasteiger partial charge on any atom is -0.444 e. The zero-order chi connectivity index (χ0) is 16.3. The molecular weight excluding hydrogens is 312 g/mol. The number of aromatic nitrogens is 1. The van der Waals surface area contributed by atoms with Gasteiger partial charge in [-0.05, 0) is 48.3 Å². The molecular formula is C13H19BrN2O3. The molecule has 0 bridgehead atoms. The van der Waals surface area contributed by atoms with Crippen molar-refractivity contribution in [2.24, 2.45) is 0 Å². The van der Waals surface area contributed by atoms with Crippen molar-refractivity contribution in [3.63, 3.8) is 0 Å². The highest BCUT2D eigenvalue weighted by Crippen LogP contribution is 2.13. The van der Waals surface area contributed by atoms with E-state index >= 15 is 0 Å². The van der Waals surface area contributed by atoms with Gasteiger partial charge in [0.2, 0.25) is 0 Å². The molecule has 1 N–H and O–H groups in total. The second-order valence-corrected chi connectivity index (χ2v) is 5.80. The van der Waals surface area contributed by atoms with E-state index in [1.807, 2.05) is 0 Å². The number of carbonyl (C=O) groups excluding carboxylic acids is 1. The Morgan fingerprint density at radius 1 is 1.58 bits per heavy atom. The van der Waals surface area contributed by atoms with Crippen molar-refractivity contribution >= 4 is 22.0 Å². The summed E-state index contributed by atoms with van der Waals surface area (Å²) in [6, 6.07) is 3.47. The molecule has 6 heteroatoms. The Morgan fingerprint density at radius 2 is 2.26 bits per heavy atom. The molecule has 0 unspecified atom stereocenters. The molecule has 106 valence electrons. The van der Waals surface area contributed by atoms with E-state index in [1.165, 1.54) is 0 Å². The van der Waals surface area contributed by atoms with Crippen molar-refractivity contribution in [3.8, 4) is 0 Å². The summed E-state index contributed by atoms with van der Waals surface area (Å²) in [4.78, 5) is 17.3. The number of hydrogen-bond acceptors (Lipinski definition) is 4. The zero-order valence-electron chi connectivity index (χ0n) is 13.2. The minimum atomic E-state index is -2.50. The van der Waals surface area contributed by atoms with Crippen LogP contribution >= 0.6 is 15.9 Å². The highest BCUT2D eigenvalue weighted by Gasteiger charge is 2.21. The number of carbonyl (C=O) groups is 1. The number of pyridine rings is 1. The lowest BCUT2D eigenvalue weighted by molar-refractivity contribution is 0.0201. The van der Waals surface area contributed by atoms with E-state index in [9.17, 15) is 9.90 Å². The van der Waals surface area contributed by atoms with Gasteiger partial charge in [-0.2, -0.15) is 0 Å². The molecule has 1 aromatic rings. The molecule has 19 heavy (non-hydrogen) atoms. The normalized spacial score (nSPS) is 13.5. The summed E-state index contributed by atoms with van der Waals surface area (Å²) in [5.74, 6) is 0. The van der Waals surface area contributed by atoms with Crippen LogP contribution in [-0.2, 0) is 11.3 Å². The lowest BCUT2D eigenvalue weighted by Gasteiger charge is -2.27. The van der Waals surface area contributed by atoms with Gasteiger partial charge in [-0.15, -0.1) is 0 Å². The van der Waals surface area contributed by atoms with E-state index in [4.69, 9.17) is 7.48 Å². The average Bonchev–Trinajstić information content (AvgIpc) is 2.27. The molecule has 1 amide bonds. The van der Waals surface area contributed by atoms with Gasteiger partial charge in [0.1, 0.15) is 10.2 Å². The molecule has 5 nitrogen and oxygen atoms in total. The molecule has 0 fully saturated rings. The molecule has 0 radical (unpaired) electrons. The number of nitrogens with zero attached hydrogens (tertiary/aromatic N) is 2. The van der Waals surface area contributed by atoms with Gasteiger partial charge in [-0.1, -0.05) is 6.07 Å². The third-order valence-electron chi connectivity index (χ3n) is 2.08. The fraction of sp³-hybridized carbons (Fsp3) is 0.538. The van der Waals surface area contributed by atoms with Gasteiger partial charge in [0, 0.05) is 12.7 Å². The number of amides is 1. The first kappa shape index (κ1) is 12.9. The van der Waals surface area contributed by atoms with Gasteiger partial charge in [0.25, 0.3) is 0 Å². The third kappa shape index (κ3) is 6.02. The van der Waals surface area contributed by atoms with Crippen LogP contribution in [0.3, 0.4) is 0 Å². The Morgan fingerprint density at radius 3 is 2.74 bits per heavy atom. The van der Waals surface area contributed by atoms with Crippen molar-refractivity contribution in [1.29, 1.82) is 0 Å². The summed E-state index contributed by atoms with van der Waals surface area (Å²) in [7, 11) is 0. The van der Waals surface area contributed by atoms with Crippen LogP contribution < -0.4 is 0 Å². The van der Waals surface area contributed by atoms with Crippen LogP contribution in [0.1, 0.15) is 29.1 Å². The Kier molecular flexibility index (Phi) is 4.65. The second kappa shape index (κ2) is 6.86. The summed E-state index contributed by atoms with van der Waals surface area (Å²) in [6.07, 6.45) is 0.873. The number of halogens is 1. The zero-order valence-corrected chi connectivity index (χ0v) is 12.8. The Balaban J connectivity index is 2.86. The number of ether oxygens (including phenoxy) is 1. The quantitative estimate of drug-likeness (QED) is 0.861. The highest BCUT2D eigenvalue weighted by molar-refractivity contribution is 9.10. The molecule has 1 aromatic heterocycles. The first-order valence-electron chi connectivity index (χ1n) is 6.77. The first-order valence-corrected chi connectivity index (χ1v) is 6.56. The average molecular weight is 333 g/mol. The van der Waals surface area contributed by atoms with Crippen LogP contribution in [0.15, 0.2) is 22.9 Å². The summed E-state index contributed by atoms with van der Waals surface area (Å²) < 4.78 is 20.4. The van der Waals surface area contributed by atoms with Crippen LogP contribution in [0, 0.1) is 0 Å². The topological polar surface area (TPSA) is 62.7 Å². The fourth-order valence-corrected chi connectivity index (χ4v) is 1.55.